The number of carbonyl (C=O) groups is 2. The van der Waals surface area contributed by atoms with Crippen LogP contribution in [0, 0.1) is 11.3 Å². The molecule has 0 heterocycles. The van der Waals surface area contributed by atoms with Crippen LogP contribution in [0.25, 0.3) is 0 Å². The standard InChI is InChI=1S/C17H12Cl2N2O3/c1-10(16(22)21-13-5-2-11(9-20)3-6-13)24-17(23)12-4-7-14(18)15(19)8-12/h2-8,10H,1H3,(H,21,22)/t10-/m1/s1. The molecule has 2 aromatic carbocycles. The molecule has 122 valence electrons. The summed E-state index contributed by atoms with van der Waals surface area (Å²) in [7, 11) is 0. The van der Waals surface area contributed by atoms with Crippen molar-refractivity contribution in [2.45, 2.75) is 13.0 Å². The second-order valence-electron chi connectivity index (χ2n) is 4.85. The lowest BCUT2D eigenvalue weighted by Gasteiger charge is -2.14. The predicted molar refractivity (Wildman–Crippen MR) is 91.1 cm³/mol. The minimum absolute atomic E-state index is 0.197. The minimum Gasteiger partial charge on any atom is -0.449 e. The molecule has 1 atom stereocenters. The third-order valence-electron chi connectivity index (χ3n) is 3.09. The zero-order valence-corrected chi connectivity index (χ0v) is 14.1. The van der Waals surface area contributed by atoms with Gasteiger partial charge in [-0.25, -0.2) is 4.79 Å². The molecular weight excluding hydrogens is 351 g/mol. The largest absolute Gasteiger partial charge is 0.449 e. The molecule has 0 aliphatic carbocycles. The summed E-state index contributed by atoms with van der Waals surface area (Å²) < 4.78 is 5.11. The Morgan fingerprint density at radius 3 is 2.38 bits per heavy atom. The SMILES string of the molecule is C[C@@H](OC(=O)c1ccc(Cl)c(Cl)c1)C(=O)Nc1ccc(C#N)cc1. The third kappa shape index (κ3) is 4.48. The number of benzene rings is 2. The van der Waals surface area contributed by atoms with Gasteiger partial charge in [-0.15, -0.1) is 0 Å². The van der Waals surface area contributed by atoms with Gasteiger partial charge in [-0.1, -0.05) is 23.2 Å². The van der Waals surface area contributed by atoms with E-state index in [4.69, 9.17) is 33.2 Å². The summed E-state index contributed by atoms with van der Waals surface area (Å²) in [4.78, 5) is 24.1. The van der Waals surface area contributed by atoms with Gasteiger partial charge < -0.3 is 10.1 Å². The Labute approximate surface area is 148 Å². The van der Waals surface area contributed by atoms with E-state index in [0.29, 0.717) is 16.3 Å². The molecular formula is C17H12Cl2N2O3. The van der Waals surface area contributed by atoms with Crippen molar-refractivity contribution < 1.29 is 14.3 Å². The molecule has 1 N–H and O–H groups in total. The van der Waals surface area contributed by atoms with Crippen molar-refractivity contribution in [1.82, 2.24) is 0 Å². The number of halogens is 2. The van der Waals surface area contributed by atoms with E-state index in [1.807, 2.05) is 6.07 Å². The number of amides is 1. The second-order valence-corrected chi connectivity index (χ2v) is 5.67. The Kier molecular flexibility index (Phi) is 5.80. The van der Waals surface area contributed by atoms with Crippen LogP contribution in [0.3, 0.4) is 0 Å². The molecule has 0 saturated heterocycles. The molecule has 0 aromatic heterocycles. The number of anilines is 1. The van der Waals surface area contributed by atoms with Gasteiger partial charge in [0.2, 0.25) is 0 Å². The number of nitriles is 1. The van der Waals surface area contributed by atoms with E-state index in [0.717, 1.165) is 0 Å². The van der Waals surface area contributed by atoms with E-state index in [1.165, 1.54) is 25.1 Å². The van der Waals surface area contributed by atoms with Crippen LogP contribution in [0.1, 0.15) is 22.8 Å². The van der Waals surface area contributed by atoms with Gasteiger partial charge >= 0.3 is 5.97 Å². The van der Waals surface area contributed by atoms with Gasteiger partial charge in [0.05, 0.1) is 27.2 Å². The summed E-state index contributed by atoms with van der Waals surface area (Å²) in [5, 5.41) is 11.9. The monoisotopic (exact) mass is 362 g/mol. The minimum atomic E-state index is -1.01. The fourth-order valence-corrected chi connectivity index (χ4v) is 2.08. The van der Waals surface area contributed by atoms with Crippen molar-refractivity contribution in [1.29, 1.82) is 5.26 Å². The molecule has 0 spiro atoms. The van der Waals surface area contributed by atoms with Gasteiger partial charge in [-0.05, 0) is 49.4 Å². The average molecular weight is 363 g/mol. The van der Waals surface area contributed by atoms with E-state index in [2.05, 4.69) is 5.32 Å². The molecule has 24 heavy (non-hydrogen) atoms. The van der Waals surface area contributed by atoms with E-state index in [1.54, 1.807) is 24.3 Å². The van der Waals surface area contributed by atoms with Crippen molar-refractivity contribution in [2.75, 3.05) is 5.32 Å². The highest BCUT2D eigenvalue weighted by atomic mass is 35.5. The van der Waals surface area contributed by atoms with Crippen molar-refractivity contribution in [2.24, 2.45) is 0 Å². The maximum absolute atomic E-state index is 12.1. The Hall–Kier alpha value is -2.55. The first-order chi connectivity index (χ1) is 11.4. The molecule has 2 rings (SSSR count). The first-order valence-electron chi connectivity index (χ1n) is 6.88. The average Bonchev–Trinajstić information content (AvgIpc) is 2.57. The summed E-state index contributed by atoms with van der Waals surface area (Å²) >= 11 is 11.6. The molecule has 0 aliphatic heterocycles. The maximum Gasteiger partial charge on any atom is 0.338 e. The van der Waals surface area contributed by atoms with Crippen LogP contribution in [-0.4, -0.2) is 18.0 Å². The Bertz CT molecular complexity index is 814. The van der Waals surface area contributed by atoms with Crippen LogP contribution in [0.4, 0.5) is 5.69 Å². The Balaban J connectivity index is 1.98. The number of rotatable bonds is 4. The maximum atomic E-state index is 12.1. The zero-order chi connectivity index (χ0) is 17.7. The number of nitrogens with zero attached hydrogens (tertiary/aromatic N) is 1. The number of carbonyl (C=O) groups excluding carboxylic acids is 2. The smallest absolute Gasteiger partial charge is 0.338 e. The molecule has 2 aromatic rings. The van der Waals surface area contributed by atoms with Crippen molar-refractivity contribution in [3.63, 3.8) is 0 Å². The van der Waals surface area contributed by atoms with Gasteiger partial charge in [-0.3, -0.25) is 4.79 Å². The molecule has 0 unspecified atom stereocenters. The van der Waals surface area contributed by atoms with E-state index >= 15 is 0 Å². The van der Waals surface area contributed by atoms with Gasteiger partial charge in [0, 0.05) is 5.69 Å². The van der Waals surface area contributed by atoms with Crippen LogP contribution >= 0.6 is 23.2 Å². The third-order valence-corrected chi connectivity index (χ3v) is 3.83. The molecule has 0 radical (unpaired) electrons. The van der Waals surface area contributed by atoms with Crippen molar-refractivity contribution in [3.8, 4) is 6.07 Å². The zero-order valence-electron chi connectivity index (χ0n) is 12.5. The van der Waals surface area contributed by atoms with Crippen LogP contribution in [0.15, 0.2) is 42.5 Å². The van der Waals surface area contributed by atoms with Crippen LogP contribution in [-0.2, 0) is 9.53 Å². The first kappa shape index (κ1) is 17.8. The number of hydrogen-bond acceptors (Lipinski definition) is 4. The quantitative estimate of drug-likeness (QED) is 0.832. The fourth-order valence-electron chi connectivity index (χ4n) is 1.78. The van der Waals surface area contributed by atoms with Crippen LogP contribution in [0.5, 0.6) is 0 Å². The molecule has 5 nitrogen and oxygen atoms in total. The molecule has 1 amide bonds. The lowest BCUT2D eigenvalue weighted by molar-refractivity contribution is -0.123. The van der Waals surface area contributed by atoms with Gasteiger partial charge in [0.1, 0.15) is 0 Å². The predicted octanol–water partition coefficient (Wildman–Crippen LogP) is 4.05. The topological polar surface area (TPSA) is 79.2 Å². The second kappa shape index (κ2) is 7.82. The molecule has 0 bridgehead atoms. The Morgan fingerprint density at radius 1 is 1.12 bits per heavy atom. The summed E-state index contributed by atoms with van der Waals surface area (Å²) in [6.07, 6.45) is -1.01. The van der Waals surface area contributed by atoms with Crippen LogP contribution in [0.2, 0.25) is 10.0 Å². The summed E-state index contributed by atoms with van der Waals surface area (Å²) in [6, 6.07) is 12.6. The highest BCUT2D eigenvalue weighted by Crippen LogP contribution is 2.23. The molecule has 7 heteroatoms. The van der Waals surface area contributed by atoms with Crippen LogP contribution < -0.4 is 5.32 Å². The normalized spacial score (nSPS) is 11.2. The van der Waals surface area contributed by atoms with E-state index in [9.17, 15) is 9.59 Å². The summed E-state index contributed by atoms with van der Waals surface area (Å²) in [5.41, 5.74) is 1.17. The number of ether oxygens (including phenoxy) is 1. The van der Waals surface area contributed by atoms with E-state index in [-0.39, 0.29) is 10.6 Å². The lowest BCUT2D eigenvalue weighted by Crippen LogP contribution is -2.30. The highest BCUT2D eigenvalue weighted by molar-refractivity contribution is 6.42. The number of esters is 1. The molecule has 0 fully saturated rings. The fraction of sp³-hybridized carbons (Fsp3) is 0.118. The summed E-state index contributed by atoms with van der Waals surface area (Å²) in [6.45, 7) is 1.45. The molecule has 0 aliphatic rings. The number of hydrogen-bond donors (Lipinski definition) is 1. The van der Waals surface area contributed by atoms with Gasteiger partial charge in [0.25, 0.3) is 5.91 Å². The first-order valence-corrected chi connectivity index (χ1v) is 7.63. The molecule has 0 saturated carbocycles. The van der Waals surface area contributed by atoms with Gasteiger partial charge in [-0.2, -0.15) is 5.26 Å². The van der Waals surface area contributed by atoms with Crippen molar-refractivity contribution in [3.05, 3.63) is 63.6 Å². The van der Waals surface area contributed by atoms with Crippen molar-refractivity contribution >= 4 is 40.8 Å². The van der Waals surface area contributed by atoms with E-state index < -0.39 is 18.0 Å². The van der Waals surface area contributed by atoms with Gasteiger partial charge in [0.15, 0.2) is 6.10 Å². The highest BCUT2D eigenvalue weighted by Gasteiger charge is 2.19. The number of nitrogens with one attached hydrogen (secondary N) is 1. The summed E-state index contributed by atoms with van der Waals surface area (Å²) in [5.74, 6) is -1.18. The lowest BCUT2D eigenvalue weighted by atomic mass is 10.2. The Morgan fingerprint density at radius 2 is 1.79 bits per heavy atom.